The van der Waals surface area contributed by atoms with Crippen LogP contribution < -0.4 is 10.6 Å². The molecule has 3 rings (SSSR count). The summed E-state index contributed by atoms with van der Waals surface area (Å²) in [7, 11) is 0. The van der Waals surface area contributed by atoms with Gasteiger partial charge in [0.05, 0.1) is 0 Å². The molecule has 0 bridgehead atoms. The second-order valence-corrected chi connectivity index (χ2v) is 5.40. The van der Waals surface area contributed by atoms with Gasteiger partial charge in [-0.2, -0.15) is 0 Å². The minimum Gasteiger partial charge on any atom is -0.368 e. The molecule has 2 N–H and O–H groups in total. The van der Waals surface area contributed by atoms with E-state index >= 15 is 0 Å². The Kier molecular flexibility index (Phi) is 3.53. The van der Waals surface area contributed by atoms with Gasteiger partial charge in [-0.3, -0.25) is 4.79 Å². The molecule has 19 heavy (non-hydrogen) atoms. The second kappa shape index (κ2) is 5.31. The fraction of sp³-hybridized carbons (Fsp3) is 0.533. The number of rotatable bonds is 1. The zero-order valence-corrected chi connectivity index (χ0v) is 11.0. The number of carbonyl (C=O) groups is 1. The van der Waals surface area contributed by atoms with E-state index in [1.165, 1.54) is 0 Å². The molecule has 0 aliphatic carbocycles. The molecule has 1 saturated heterocycles. The van der Waals surface area contributed by atoms with Crippen molar-refractivity contribution in [2.24, 2.45) is 5.73 Å². The van der Waals surface area contributed by atoms with Gasteiger partial charge in [-0.25, -0.2) is 0 Å². The van der Waals surface area contributed by atoms with E-state index in [-0.39, 0.29) is 18.1 Å². The fourth-order valence-corrected chi connectivity index (χ4v) is 2.94. The number of hydrogen-bond donors (Lipinski definition) is 1. The average molecular weight is 260 g/mol. The van der Waals surface area contributed by atoms with E-state index in [1.54, 1.807) is 0 Å². The van der Waals surface area contributed by atoms with Crippen LogP contribution in [0.3, 0.4) is 0 Å². The van der Waals surface area contributed by atoms with Gasteiger partial charge in [0.15, 0.2) is 0 Å². The highest BCUT2D eigenvalue weighted by atomic mass is 16.5. The number of anilines is 1. The van der Waals surface area contributed by atoms with Gasteiger partial charge in [-0.1, -0.05) is 18.2 Å². The van der Waals surface area contributed by atoms with Crippen LogP contribution in [0.4, 0.5) is 5.69 Å². The third kappa shape index (κ3) is 2.51. The summed E-state index contributed by atoms with van der Waals surface area (Å²) in [5.74, 6) is 0.0716. The van der Waals surface area contributed by atoms with Crippen molar-refractivity contribution < 1.29 is 9.53 Å². The Hall–Kier alpha value is -1.39. The molecule has 1 aromatic carbocycles. The molecule has 1 amide bonds. The Labute approximate surface area is 113 Å². The monoisotopic (exact) mass is 260 g/mol. The first-order chi connectivity index (χ1) is 9.25. The molecule has 0 radical (unpaired) electrons. The number of carbonyl (C=O) groups excluding carboxylic acids is 1. The molecular weight excluding hydrogens is 240 g/mol. The van der Waals surface area contributed by atoms with Crippen LogP contribution in [-0.4, -0.2) is 31.2 Å². The SMILES string of the molecule is NC1Cc2ccccc2N(C(=O)C2CCCCO2)C1. The van der Waals surface area contributed by atoms with Gasteiger partial charge < -0.3 is 15.4 Å². The molecule has 1 fully saturated rings. The van der Waals surface area contributed by atoms with Gasteiger partial charge in [-0.15, -0.1) is 0 Å². The molecule has 2 aliphatic rings. The van der Waals surface area contributed by atoms with Crippen LogP contribution in [0, 0.1) is 0 Å². The van der Waals surface area contributed by atoms with Crippen molar-refractivity contribution in [3.63, 3.8) is 0 Å². The summed E-state index contributed by atoms with van der Waals surface area (Å²) in [6.07, 6.45) is 3.50. The summed E-state index contributed by atoms with van der Waals surface area (Å²) in [6, 6.07) is 8.04. The molecular formula is C15H20N2O2. The quantitative estimate of drug-likeness (QED) is 0.832. The van der Waals surface area contributed by atoms with Gasteiger partial charge in [0.25, 0.3) is 5.91 Å². The van der Waals surface area contributed by atoms with Crippen molar-refractivity contribution in [2.45, 2.75) is 37.8 Å². The van der Waals surface area contributed by atoms with Crippen molar-refractivity contribution in [3.05, 3.63) is 29.8 Å². The lowest BCUT2D eigenvalue weighted by Crippen LogP contribution is -2.50. The summed E-state index contributed by atoms with van der Waals surface area (Å²) in [4.78, 5) is 14.4. The van der Waals surface area contributed by atoms with E-state index in [0.717, 1.165) is 36.9 Å². The predicted molar refractivity (Wildman–Crippen MR) is 74.1 cm³/mol. The number of fused-ring (bicyclic) bond motifs is 1. The minimum absolute atomic E-state index is 0.0161. The van der Waals surface area contributed by atoms with Crippen molar-refractivity contribution in [1.29, 1.82) is 0 Å². The van der Waals surface area contributed by atoms with Crippen LogP contribution in [0.1, 0.15) is 24.8 Å². The lowest BCUT2D eigenvalue weighted by molar-refractivity contribution is -0.132. The first-order valence-corrected chi connectivity index (χ1v) is 7.02. The predicted octanol–water partition coefficient (Wildman–Crippen LogP) is 1.47. The molecule has 0 saturated carbocycles. The van der Waals surface area contributed by atoms with Crippen LogP contribution in [-0.2, 0) is 16.0 Å². The van der Waals surface area contributed by atoms with Crippen LogP contribution in [0.2, 0.25) is 0 Å². The molecule has 4 heteroatoms. The summed E-state index contributed by atoms with van der Waals surface area (Å²) in [5.41, 5.74) is 8.23. The Bertz CT molecular complexity index is 469. The number of benzene rings is 1. The second-order valence-electron chi connectivity index (χ2n) is 5.40. The number of ether oxygens (including phenoxy) is 1. The molecule has 2 atom stereocenters. The fourth-order valence-electron chi connectivity index (χ4n) is 2.94. The Morgan fingerprint density at radius 1 is 1.32 bits per heavy atom. The molecule has 2 heterocycles. The highest BCUT2D eigenvalue weighted by Gasteiger charge is 2.32. The van der Waals surface area contributed by atoms with Gasteiger partial charge in [0, 0.05) is 24.9 Å². The minimum atomic E-state index is -0.285. The molecule has 0 aromatic heterocycles. The maximum Gasteiger partial charge on any atom is 0.256 e. The third-order valence-electron chi connectivity index (χ3n) is 3.90. The van der Waals surface area contributed by atoms with Crippen LogP contribution in [0.15, 0.2) is 24.3 Å². The van der Waals surface area contributed by atoms with E-state index in [0.29, 0.717) is 13.2 Å². The van der Waals surface area contributed by atoms with Gasteiger partial charge in [-0.05, 0) is 37.3 Å². The summed E-state index contributed by atoms with van der Waals surface area (Å²) >= 11 is 0. The number of hydrogen-bond acceptors (Lipinski definition) is 3. The number of para-hydroxylation sites is 1. The molecule has 4 nitrogen and oxygen atoms in total. The number of amides is 1. The van der Waals surface area contributed by atoms with Crippen molar-refractivity contribution in [3.8, 4) is 0 Å². The highest BCUT2D eigenvalue weighted by molar-refractivity contribution is 5.97. The summed E-state index contributed by atoms with van der Waals surface area (Å²) in [5, 5.41) is 0. The van der Waals surface area contributed by atoms with E-state index in [9.17, 15) is 4.79 Å². The third-order valence-corrected chi connectivity index (χ3v) is 3.90. The standard InChI is InChI=1S/C15H20N2O2/c16-12-9-11-5-1-2-6-13(11)17(10-12)15(18)14-7-3-4-8-19-14/h1-2,5-6,12,14H,3-4,7-10,16H2. The first kappa shape index (κ1) is 12.6. The maximum absolute atomic E-state index is 12.6. The van der Waals surface area contributed by atoms with Crippen LogP contribution >= 0.6 is 0 Å². The molecule has 102 valence electrons. The summed E-state index contributed by atoms with van der Waals surface area (Å²) in [6.45, 7) is 1.29. The lowest BCUT2D eigenvalue weighted by atomic mass is 9.97. The van der Waals surface area contributed by atoms with Crippen molar-refractivity contribution >= 4 is 11.6 Å². The number of nitrogens with two attached hydrogens (primary N) is 1. The molecule has 0 spiro atoms. The average Bonchev–Trinajstić information content (AvgIpc) is 2.46. The molecule has 2 aliphatic heterocycles. The van der Waals surface area contributed by atoms with Crippen LogP contribution in [0.25, 0.3) is 0 Å². The summed E-state index contributed by atoms with van der Waals surface area (Å²) < 4.78 is 5.61. The van der Waals surface area contributed by atoms with Gasteiger partial charge in [0.1, 0.15) is 6.10 Å². The van der Waals surface area contributed by atoms with Crippen LogP contribution in [0.5, 0.6) is 0 Å². The lowest BCUT2D eigenvalue weighted by Gasteiger charge is -2.36. The first-order valence-electron chi connectivity index (χ1n) is 7.02. The zero-order chi connectivity index (χ0) is 13.2. The van der Waals surface area contributed by atoms with Crippen molar-refractivity contribution in [1.82, 2.24) is 0 Å². The zero-order valence-electron chi connectivity index (χ0n) is 11.0. The number of nitrogens with zero attached hydrogens (tertiary/aromatic N) is 1. The normalized spacial score (nSPS) is 26.9. The highest BCUT2D eigenvalue weighted by Crippen LogP contribution is 2.28. The van der Waals surface area contributed by atoms with Gasteiger partial charge >= 0.3 is 0 Å². The van der Waals surface area contributed by atoms with Crippen molar-refractivity contribution in [2.75, 3.05) is 18.1 Å². The van der Waals surface area contributed by atoms with E-state index in [1.807, 2.05) is 23.1 Å². The van der Waals surface area contributed by atoms with E-state index in [4.69, 9.17) is 10.5 Å². The smallest absolute Gasteiger partial charge is 0.256 e. The van der Waals surface area contributed by atoms with E-state index < -0.39 is 0 Å². The topological polar surface area (TPSA) is 55.6 Å². The molecule has 1 aromatic rings. The maximum atomic E-state index is 12.6. The molecule has 2 unspecified atom stereocenters. The largest absolute Gasteiger partial charge is 0.368 e. The Balaban J connectivity index is 1.85. The Morgan fingerprint density at radius 3 is 2.95 bits per heavy atom. The van der Waals surface area contributed by atoms with Gasteiger partial charge in [0.2, 0.25) is 0 Å². The van der Waals surface area contributed by atoms with E-state index in [2.05, 4.69) is 6.07 Å². The Morgan fingerprint density at radius 2 is 2.16 bits per heavy atom.